The molecule has 0 radical (unpaired) electrons. The number of rotatable bonds is 7. The zero-order chi connectivity index (χ0) is 45.4. The fraction of sp³-hybridized carbons (Fsp3) is 0. The molecular weight excluding hydrogens is 837 g/mol. The molecule has 0 spiro atoms. The van der Waals surface area contributed by atoms with Crippen LogP contribution in [0.4, 0.5) is 17.1 Å². The van der Waals surface area contributed by atoms with Crippen LogP contribution in [0.2, 0.25) is 0 Å². The lowest BCUT2D eigenvalue weighted by Crippen LogP contribution is -2.10. The van der Waals surface area contributed by atoms with Gasteiger partial charge in [-0.15, -0.1) is 0 Å². The minimum absolute atomic E-state index is 0.902. The first-order chi connectivity index (χ1) is 34.2. The fourth-order valence-corrected chi connectivity index (χ4v) is 11.0. The number of fused-ring (bicyclic) bond motifs is 12. The number of nitrogens with zero attached hydrogens (tertiary/aromatic N) is 2. The fourth-order valence-electron chi connectivity index (χ4n) is 11.0. The largest absolute Gasteiger partial charge is 0.456 e. The van der Waals surface area contributed by atoms with Crippen LogP contribution in [-0.2, 0) is 0 Å². The van der Waals surface area contributed by atoms with E-state index in [1.165, 1.54) is 65.3 Å². The summed E-state index contributed by atoms with van der Waals surface area (Å²) in [7, 11) is 0. The van der Waals surface area contributed by atoms with Crippen molar-refractivity contribution in [2.24, 2.45) is 0 Å². The van der Waals surface area contributed by atoms with Crippen LogP contribution in [0.1, 0.15) is 0 Å². The van der Waals surface area contributed by atoms with Crippen molar-refractivity contribution in [3.8, 4) is 39.1 Å². The third-order valence-corrected chi connectivity index (χ3v) is 14.2. The van der Waals surface area contributed by atoms with Crippen LogP contribution in [0.15, 0.2) is 259 Å². The predicted molar refractivity (Wildman–Crippen MR) is 292 cm³/mol. The maximum absolute atomic E-state index is 6.27. The Morgan fingerprint density at radius 3 is 1.38 bits per heavy atom. The highest BCUT2D eigenvalue weighted by atomic mass is 16.3. The Balaban J connectivity index is 0.876. The average Bonchev–Trinajstić information content (AvgIpc) is 3.98. The van der Waals surface area contributed by atoms with E-state index in [9.17, 15) is 0 Å². The molecule has 2 aromatic heterocycles. The van der Waals surface area contributed by atoms with Crippen molar-refractivity contribution in [3.63, 3.8) is 0 Å². The second-order valence-corrected chi connectivity index (χ2v) is 18.0. The second kappa shape index (κ2) is 15.7. The van der Waals surface area contributed by atoms with E-state index in [0.717, 1.165) is 66.9 Å². The number of hydrogen-bond acceptors (Lipinski definition) is 2. The third kappa shape index (κ3) is 6.36. The van der Waals surface area contributed by atoms with Gasteiger partial charge in [0.1, 0.15) is 11.2 Å². The van der Waals surface area contributed by atoms with Gasteiger partial charge in [0.05, 0.1) is 11.0 Å². The first-order valence-electron chi connectivity index (χ1n) is 23.7. The Bertz CT molecular complexity index is 4220. The van der Waals surface area contributed by atoms with E-state index in [1.54, 1.807) is 0 Å². The summed E-state index contributed by atoms with van der Waals surface area (Å²) in [5.41, 5.74) is 15.6. The van der Waals surface area contributed by atoms with Crippen LogP contribution < -0.4 is 4.90 Å². The van der Waals surface area contributed by atoms with Gasteiger partial charge in [-0.05, 0) is 145 Å². The van der Waals surface area contributed by atoms with Gasteiger partial charge in [0.2, 0.25) is 0 Å². The predicted octanol–water partition coefficient (Wildman–Crippen LogP) is 18.6. The summed E-state index contributed by atoms with van der Waals surface area (Å²) in [5, 5.41) is 12.3. The van der Waals surface area contributed by atoms with Gasteiger partial charge < -0.3 is 13.9 Å². The molecule has 322 valence electrons. The number of aromatic nitrogens is 1. The summed E-state index contributed by atoms with van der Waals surface area (Å²) in [6, 6.07) is 92.5. The monoisotopic (exact) mass is 878 g/mol. The minimum Gasteiger partial charge on any atom is -0.456 e. The maximum atomic E-state index is 6.27. The molecule has 0 saturated carbocycles. The van der Waals surface area contributed by atoms with E-state index in [2.05, 4.69) is 252 Å². The maximum Gasteiger partial charge on any atom is 0.136 e. The molecule has 0 saturated heterocycles. The lowest BCUT2D eigenvalue weighted by Gasteiger charge is -2.27. The van der Waals surface area contributed by atoms with Crippen LogP contribution in [-0.4, -0.2) is 4.57 Å². The summed E-state index contributed by atoms with van der Waals surface area (Å²) in [5.74, 6) is 0. The van der Waals surface area contributed by atoms with Crippen molar-refractivity contribution >= 4 is 93.1 Å². The van der Waals surface area contributed by atoms with Crippen molar-refractivity contribution in [3.05, 3.63) is 255 Å². The molecule has 0 amide bonds. The molecule has 0 fully saturated rings. The van der Waals surface area contributed by atoms with Crippen molar-refractivity contribution in [1.82, 2.24) is 4.57 Å². The van der Waals surface area contributed by atoms with Gasteiger partial charge in [-0.25, -0.2) is 0 Å². The van der Waals surface area contributed by atoms with E-state index < -0.39 is 0 Å². The van der Waals surface area contributed by atoms with Gasteiger partial charge in [-0.3, -0.25) is 0 Å². The van der Waals surface area contributed by atoms with Crippen LogP contribution in [0.3, 0.4) is 0 Å². The van der Waals surface area contributed by atoms with Crippen LogP contribution in [0.5, 0.6) is 0 Å². The van der Waals surface area contributed by atoms with Crippen molar-refractivity contribution < 1.29 is 4.42 Å². The van der Waals surface area contributed by atoms with E-state index in [4.69, 9.17) is 4.42 Å². The molecule has 0 atom stereocenters. The molecule has 0 aliphatic heterocycles. The van der Waals surface area contributed by atoms with Gasteiger partial charge in [-0.2, -0.15) is 0 Å². The minimum atomic E-state index is 0.902. The Labute approximate surface area is 399 Å². The van der Waals surface area contributed by atoms with E-state index in [-0.39, 0.29) is 0 Å². The summed E-state index contributed by atoms with van der Waals surface area (Å²) in [6.45, 7) is 0. The van der Waals surface area contributed by atoms with Gasteiger partial charge >= 0.3 is 0 Å². The second-order valence-electron chi connectivity index (χ2n) is 18.0. The smallest absolute Gasteiger partial charge is 0.136 e. The molecule has 2 heterocycles. The molecule has 69 heavy (non-hydrogen) atoms. The molecule has 0 unspecified atom stereocenters. The molecular formula is C66H42N2O. The lowest BCUT2D eigenvalue weighted by atomic mass is 9.94. The molecule has 0 N–H and O–H groups in total. The molecule has 0 aliphatic rings. The van der Waals surface area contributed by atoms with Gasteiger partial charge in [0.25, 0.3) is 0 Å². The summed E-state index contributed by atoms with van der Waals surface area (Å²) < 4.78 is 8.66. The number of hydrogen-bond donors (Lipinski definition) is 0. The summed E-state index contributed by atoms with van der Waals surface area (Å²) in [4.78, 5) is 2.40. The van der Waals surface area contributed by atoms with Crippen LogP contribution in [0, 0.1) is 0 Å². The SMILES string of the molecule is c1cc(-c2ccc(N(c3ccc(-c4cccc(-n5c6ccccc6c6ccccc65)c4)cc3)c3ccc4c5ccccc5c5ccccc5c4c3)cc2)cc(-c2cccc3oc4ccccc4c23)c1. The van der Waals surface area contributed by atoms with Gasteiger partial charge in [0.15, 0.2) is 0 Å². The van der Waals surface area contributed by atoms with Gasteiger partial charge in [-0.1, -0.05) is 176 Å². The highest BCUT2D eigenvalue weighted by Gasteiger charge is 2.18. The average molecular weight is 879 g/mol. The van der Waals surface area contributed by atoms with Crippen molar-refractivity contribution in [1.29, 1.82) is 0 Å². The molecule has 14 rings (SSSR count). The third-order valence-electron chi connectivity index (χ3n) is 14.2. The standard InChI is InChI=1S/C66H42N2O/c1-2-20-55-53(18-1)54-19-3-4-21-56(54)61-42-51(38-39-57(55)61)67(48-34-30-43(31-35-48)45-14-11-16-47(40-45)52-25-13-29-65-66(52)60-24-7-10-28-64(60)69-65)49-36-32-44(33-37-49)46-15-12-17-50(41-46)68-62-26-8-5-22-58(62)59-23-6-9-27-63(59)68/h1-42H. The number of para-hydroxylation sites is 3. The lowest BCUT2D eigenvalue weighted by molar-refractivity contribution is 0.669. The van der Waals surface area contributed by atoms with E-state index >= 15 is 0 Å². The van der Waals surface area contributed by atoms with Crippen LogP contribution in [0.25, 0.3) is 115 Å². The Morgan fingerprint density at radius 2 is 0.739 bits per heavy atom. The quantitative estimate of drug-likeness (QED) is 0.149. The molecule has 0 aliphatic carbocycles. The normalized spacial score (nSPS) is 11.8. The van der Waals surface area contributed by atoms with Crippen molar-refractivity contribution in [2.75, 3.05) is 4.90 Å². The molecule has 14 aromatic rings. The topological polar surface area (TPSA) is 21.3 Å². The summed E-state index contributed by atoms with van der Waals surface area (Å²) >= 11 is 0. The Kier molecular flexibility index (Phi) is 8.90. The summed E-state index contributed by atoms with van der Waals surface area (Å²) in [6.07, 6.45) is 0. The molecule has 3 heteroatoms. The number of benzene rings is 12. The molecule has 0 bridgehead atoms. The Hall–Kier alpha value is -9.18. The zero-order valence-electron chi connectivity index (χ0n) is 37.6. The van der Waals surface area contributed by atoms with Gasteiger partial charge in [0, 0.05) is 44.3 Å². The Morgan fingerprint density at radius 1 is 0.275 bits per heavy atom. The highest BCUT2D eigenvalue weighted by molar-refractivity contribution is 6.26. The van der Waals surface area contributed by atoms with E-state index in [0.29, 0.717) is 0 Å². The first-order valence-corrected chi connectivity index (χ1v) is 23.7. The molecule has 3 nitrogen and oxygen atoms in total. The highest BCUT2D eigenvalue weighted by Crippen LogP contribution is 2.43. The first kappa shape index (κ1) is 39.0. The zero-order valence-corrected chi connectivity index (χ0v) is 37.6. The van der Waals surface area contributed by atoms with Crippen LogP contribution >= 0.6 is 0 Å². The van der Waals surface area contributed by atoms with E-state index in [1.807, 2.05) is 12.1 Å². The van der Waals surface area contributed by atoms with Crippen molar-refractivity contribution in [2.45, 2.75) is 0 Å². The number of furan rings is 1. The number of anilines is 3. The molecule has 12 aromatic carbocycles.